The van der Waals surface area contributed by atoms with E-state index >= 15 is 0 Å². The Hall–Kier alpha value is -2.43. The van der Waals surface area contributed by atoms with Crippen LogP contribution < -0.4 is 0 Å². The summed E-state index contributed by atoms with van der Waals surface area (Å²) < 4.78 is 35.3. The van der Waals surface area contributed by atoms with Gasteiger partial charge in [0.05, 0.1) is 31.7 Å². The van der Waals surface area contributed by atoms with Crippen LogP contribution in [-0.2, 0) is 25.9 Å². The first-order valence-electron chi connectivity index (χ1n) is 7.43. The van der Waals surface area contributed by atoms with E-state index < -0.39 is 9.84 Å². The molecule has 0 atom stereocenters. The molecule has 132 valence electrons. The Bertz CT molecular complexity index is 987. The SMILES string of the molecule is COCCOCc1cccc(-n2nnc3cnc(S(C)(=O)=O)nc32)c1. The van der Waals surface area contributed by atoms with Crippen LogP contribution in [0, 0.1) is 0 Å². The lowest BCUT2D eigenvalue weighted by Gasteiger charge is -2.07. The Morgan fingerprint density at radius 2 is 2.08 bits per heavy atom. The van der Waals surface area contributed by atoms with Crippen LogP contribution in [0.5, 0.6) is 0 Å². The Balaban J connectivity index is 1.93. The second-order valence-electron chi connectivity index (χ2n) is 5.35. The number of rotatable bonds is 7. The van der Waals surface area contributed by atoms with Gasteiger partial charge in [-0.2, -0.15) is 9.67 Å². The van der Waals surface area contributed by atoms with Crippen LogP contribution >= 0.6 is 0 Å². The van der Waals surface area contributed by atoms with Crippen LogP contribution in [0.4, 0.5) is 0 Å². The zero-order chi connectivity index (χ0) is 17.9. The van der Waals surface area contributed by atoms with Gasteiger partial charge in [-0.25, -0.2) is 13.4 Å². The van der Waals surface area contributed by atoms with Gasteiger partial charge in [-0.1, -0.05) is 17.3 Å². The number of nitrogens with zero attached hydrogens (tertiary/aromatic N) is 5. The largest absolute Gasteiger partial charge is 0.382 e. The zero-order valence-electron chi connectivity index (χ0n) is 13.8. The lowest BCUT2D eigenvalue weighted by molar-refractivity contribution is 0.0616. The molecule has 0 saturated heterocycles. The van der Waals surface area contributed by atoms with Crippen molar-refractivity contribution in [2.24, 2.45) is 0 Å². The normalized spacial score (nSPS) is 11.9. The number of sulfone groups is 1. The van der Waals surface area contributed by atoms with Crippen molar-refractivity contribution in [1.29, 1.82) is 0 Å². The lowest BCUT2D eigenvalue weighted by atomic mass is 10.2. The van der Waals surface area contributed by atoms with E-state index in [1.165, 1.54) is 10.9 Å². The van der Waals surface area contributed by atoms with Gasteiger partial charge >= 0.3 is 0 Å². The minimum absolute atomic E-state index is 0.261. The van der Waals surface area contributed by atoms with Crippen LogP contribution in [0.25, 0.3) is 16.9 Å². The molecule has 0 aliphatic heterocycles. The highest BCUT2D eigenvalue weighted by Gasteiger charge is 2.16. The Kier molecular flexibility index (Phi) is 5.02. The van der Waals surface area contributed by atoms with Gasteiger partial charge in [-0.05, 0) is 17.7 Å². The molecule has 3 rings (SSSR count). The summed E-state index contributed by atoms with van der Waals surface area (Å²) in [6, 6.07) is 7.49. The quantitative estimate of drug-likeness (QED) is 0.447. The third-order valence-electron chi connectivity index (χ3n) is 3.36. The van der Waals surface area contributed by atoms with Crippen molar-refractivity contribution in [2.45, 2.75) is 11.8 Å². The molecular formula is C15H17N5O4S. The molecule has 0 spiro atoms. The molecule has 1 aromatic carbocycles. The average molecular weight is 363 g/mol. The number of hydrogen-bond donors (Lipinski definition) is 0. The second-order valence-corrected chi connectivity index (χ2v) is 7.26. The van der Waals surface area contributed by atoms with E-state index in [0.29, 0.717) is 36.7 Å². The number of ether oxygens (including phenoxy) is 2. The van der Waals surface area contributed by atoms with Gasteiger partial charge in [-0.3, -0.25) is 0 Å². The molecule has 0 N–H and O–H groups in total. The van der Waals surface area contributed by atoms with Crippen LogP contribution in [0.2, 0.25) is 0 Å². The fourth-order valence-corrected chi connectivity index (χ4v) is 2.67. The minimum Gasteiger partial charge on any atom is -0.382 e. The molecule has 0 amide bonds. The summed E-state index contributed by atoms with van der Waals surface area (Å²) in [6.45, 7) is 1.45. The second kappa shape index (κ2) is 7.21. The van der Waals surface area contributed by atoms with Crippen molar-refractivity contribution in [1.82, 2.24) is 25.0 Å². The fourth-order valence-electron chi connectivity index (χ4n) is 2.18. The molecule has 0 radical (unpaired) electrons. The van der Waals surface area contributed by atoms with Crippen molar-refractivity contribution in [3.05, 3.63) is 36.0 Å². The van der Waals surface area contributed by atoms with Gasteiger partial charge in [0.25, 0.3) is 0 Å². The van der Waals surface area contributed by atoms with Crippen LogP contribution in [0.1, 0.15) is 5.56 Å². The van der Waals surface area contributed by atoms with Crippen molar-refractivity contribution < 1.29 is 17.9 Å². The summed E-state index contributed by atoms with van der Waals surface area (Å²) >= 11 is 0. The van der Waals surface area contributed by atoms with Gasteiger partial charge in [0.15, 0.2) is 11.2 Å². The number of methoxy groups -OCH3 is 1. The highest BCUT2D eigenvalue weighted by atomic mass is 32.2. The third kappa shape index (κ3) is 3.98. The molecule has 0 aliphatic rings. The molecule has 10 heteroatoms. The Morgan fingerprint density at radius 1 is 1.24 bits per heavy atom. The molecule has 0 aliphatic carbocycles. The summed E-state index contributed by atoms with van der Waals surface area (Å²) in [7, 11) is -1.90. The first kappa shape index (κ1) is 17.4. The van der Waals surface area contributed by atoms with Gasteiger partial charge in [0, 0.05) is 13.4 Å². The maximum absolute atomic E-state index is 11.7. The van der Waals surface area contributed by atoms with Crippen molar-refractivity contribution >= 4 is 21.0 Å². The van der Waals surface area contributed by atoms with E-state index in [4.69, 9.17) is 9.47 Å². The Labute approximate surface area is 144 Å². The smallest absolute Gasteiger partial charge is 0.248 e. The van der Waals surface area contributed by atoms with Gasteiger partial charge in [0.1, 0.15) is 0 Å². The topological polar surface area (TPSA) is 109 Å². The van der Waals surface area contributed by atoms with Crippen molar-refractivity contribution in [3.63, 3.8) is 0 Å². The Morgan fingerprint density at radius 3 is 2.84 bits per heavy atom. The van der Waals surface area contributed by atoms with Gasteiger partial charge in [-0.15, -0.1) is 5.10 Å². The van der Waals surface area contributed by atoms with E-state index in [2.05, 4.69) is 20.3 Å². The molecule has 0 bridgehead atoms. The van der Waals surface area contributed by atoms with E-state index in [0.717, 1.165) is 11.8 Å². The summed E-state index contributed by atoms with van der Waals surface area (Å²) in [5.41, 5.74) is 2.38. The standard InChI is InChI=1S/C15H17N5O4S/c1-23-6-7-24-10-11-4-3-5-12(8-11)20-14-13(18-19-20)9-16-15(17-14)25(2,21)22/h3-5,8-9H,6-7,10H2,1-2H3. The van der Waals surface area contributed by atoms with Crippen molar-refractivity contribution in [2.75, 3.05) is 26.6 Å². The summed E-state index contributed by atoms with van der Waals surface area (Å²) in [4.78, 5) is 7.90. The van der Waals surface area contributed by atoms with E-state index in [1.54, 1.807) is 7.11 Å². The predicted molar refractivity (Wildman–Crippen MR) is 89.1 cm³/mol. The van der Waals surface area contributed by atoms with Crippen LogP contribution in [0.3, 0.4) is 0 Å². The van der Waals surface area contributed by atoms with E-state index in [-0.39, 0.29) is 5.16 Å². The number of hydrogen-bond acceptors (Lipinski definition) is 8. The lowest BCUT2D eigenvalue weighted by Crippen LogP contribution is -2.06. The first-order valence-corrected chi connectivity index (χ1v) is 9.32. The summed E-state index contributed by atoms with van der Waals surface area (Å²) in [6.07, 6.45) is 2.40. The molecule has 9 nitrogen and oxygen atoms in total. The van der Waals surface area contributed by atoms with Gasteiger partial charge in [0.2, 0.25) is 15.0 Å². The number of aromatic nitrogens is 5. The third-order valence-corrected chi connectivity index (χ3v) is 4.22. The summed E-state index contributed by atoms with van der Waals surface area (Å²) in [5.74, 6) is 0. The molecule has 0 saturated carbocycles. The molecular weight excluding hydrogens is 346 g/mol. The van der Waals surface area contributed by atoms with Crippen molar-refractivity contribution in [3.8, 4) is 5.69 Å². The van der Waals surface area contributed by atoms with Crippen LogP contribution in [-0.4, -0.2) is 60.0 Å². The maximum atomic E-state index is 11.7. The number of fused-ring (bicyclic) bond motifs is 1. The van der Waals surface area contributed by atoms with E-state index in [9.17, 15) is 8.42 Å². The highest BCUT2D eigenvalue weighted by molar-refractivity contribution is 7.90. The average Bonchev–Trinajstić information content (AvgIpc) is 3.01. The van der Waals surface area contributed by atoms with Crippen LogP contribution in [0.15, 0.2) is 35.6 Å². The predicted octanol–water partition coefficient (Wildman–Crippen LogP) is 0.777. The molecule has 3 aromatic rings. The maximum Gasteiger partial charge on any atom is 0.248 e. The van der Waals surface area contributed by atoms with E-state index in [1.807, 2.05) is 24.3 Å². The molecule has 2 aromatic heterocycles. The molecule has 25 heavy (non-hydrogen) atoms. The summed E-state index contributed by atoms with van der Waals surface area (Å²) in [5, 5.41) is 7.77. The van der Waals surface area contributed by atoms with Gasteiger partial charge < -0.3 is 9.47 Å². The highest BCUT2D eigenvalue weighted by Crippen LogP contribution is 2.17. The molecule has 0 unspecified atom stereocenters. The monoisotopic (exact) mass is 363 g/mol. The minimum atomic E-state index is -3.52. The fraction of sp³-hybridized carbons (Fsp3) is 0.333. The number of benzene rings is 1. The molecule has 0 fully saturated rings. The molecule has 2 heterocycles. The first-order chi connectivity index (χ1) is 12.0. The zero-order valence-corrected chi connectivity index (χ0v) is 14.6.